The van der Waals surface area contributed by atoms with Gasteiger partial charge in [0, 0.05) is 37.0 Å². The minimum Gasteiger partial charge on any atom is -0.481 e. The lowest BCUT2D eigenvalue weighted by Gasteiger charge is -2.37. The largest absolute Gasteiger partial charge is 0.481 e. The Kier molecular flexibility index (Phi) is 17.5. The number of nitrogens with two attached hydrogens (primary N) is 1. The predicted octanol–water partition coefficient (Wildman–Crippen LogP) is -2.66. The number of nitrogen functional groups attached to an aromatic ring is 1. The molecule has 2 aliphatic heterocycles. The highest BCUT2D eigenvalue weighted by molar-refractivity contribution is 7.47. The first-order valence-electron chi connectivity index (χ1n) is 19.1. The van der Waals surface area contributed by atoms with Crippen molar-refractivity contribution < 1.29 is 88.0 Å². The van der Waals surface area contributed by atoms with E-state index in [1.54, 1.807) is 24.3 Å². The SMILES string of the molecule is C[C@H](Nc1ccc(C[C@@H](O)[C@@H](O)[C@@H](O)CO[C@H]2O[C@H](COP(=O)(O)O[C@@H](CCC(=O)O)C(=O)N[C@@H](CCC(=O)O)C(=O)O)[C@@H](O)[C@H]2O)cc1)[C@@H]1Nc2c(nc(N)[nH]c2=O)N[C@@H]1C. The van der Waals surface area contributed by atoms with Crippen molar-refractivity contribution in [3.8, 4) is 0 Å². The van der Waals surface area contributed by atoms with E-state index in [-0.39, 0.29) is 36.2 Å². The van der Waals surface area contributed by atoms with Gasteiger partial charge in [0.25, 0.3) is 11.5 Å². The van der Waals surface area contributed by atoms with Crippen molar-refractivity contribution in [2.24, 2.45) is 0 Å². The van der Waals surface area contributed by atoms with E-state index in [1.165, 1.54) is 0 Å². The summed E-state index contributed by atoms with van der Waals surface area (Å²) >= 11 is 0. The number of benzene rings is 1. The molecule has 2 aromatic rings. The number of ether oxygens (including phenoxy) is 2. The number of carbonyl (C=O) groups excluding carboxylic acids is 1. The molecule has 27 heteroatoms. The summed E-state index contributed by atoms with van der Waals surface area (Å²) in [6, 6.07) is 4.46. The Morgan fingerprint density at radius 3 is 2.26 bits per heavy atom. The molecule has 0 radical (unpaired) electrons. The molecule has 1 saturated heterocycles. The van der Waals surface area contributed by atoms with E-state index < -0.39 is 131 Å². The maximum Gasteiger partial charge on any atom is 0.473 e. The fourth-order valence-electron chi connectivity index (χ4n) is 6.51. The van der Waals surface area contributed by atoms with Crippen molar-refractivity contribution in [3.63, 3.8) is 0 Å². The third-order valence-corrected chi connectivity index (χ3v) is 10.9. The second-order valence-corrected chi connectivity index (χ2v) is 16.1. The Labute approximate surface area is 352 Å². The molecule has 1 unspecified atom stereocenters. The molecule has 0 aliphatic carbocycles. The van der Waals surface area contributed by atoms with Crippen LogP contribution >= 0.6 is 7.82 Å². The number of hydrogen-bond donors (Lipinski definition) is 15. The number of aliphatic carboxylic acids is 3. The van der Waals surface area contributed by atoms with Crippen LogP contribution < -0.4 is 32.6 Å². The van der Waals surface area contributed by atoms with Crippen molar-refractivity contribution in [1.82, 2.24) is 15.3 Å². The quantitative estimate of drug-likeness (QED) is 0.0478. The van der Waals surface area contributed by atoms with Crippen LogP contribution in [0.1, 0.15) is 45.1 Å². The Hall–Kier alpha value is -4.99. The molecule has 2 aliphatic rings. The summed E-state index contributed by atoms with van der Waals surface area (Å²) in [5.41, 5.74) is 6.77. The Balaban J connectivity index is 1.24. The van der Waals surface area contributed by atoms with Gasteiger partial charge in [0.1, 0.15) is 48.4 Å². The van der Waals surface area contributed by atoms with Crippen molar-refractivity contribution in [1.29, 1.82) is 0 Å². The summed E-state index contributed by atoms with van der Waals surface area (Å²) in [4.78, 5) is 75.4. The molecule has 1 amide bonds. The zero-order valence-electron chi connectivity index (χ0n) is 33.3. The van der Waals surface area contributed by atoms with Crippen molar-refractivity contribution >= 4 is 54.8 Å². The van der Waals surface area contributed by atoms with Crippen molar-refractivity contribution in [2.75, 3.05) is 34.9 Å². The molecule has 26 nitrogen and oxygen atoms in total. The van der Waals surface area contributed by atoms with Gasteiger partial charge in [-0.05, 0) is 44.4 Å². The molecule has 1 aromatic heterocycles. The van der Waals surface area contributed by atoms with Gasteiger partial charge in [-0.1, -0.05) is 12.1 Å². The predicted molar refractivity (Wildman–Crippen MR) is 212 cm³/mol. The number of carboxylic acid groups (broad SMARTS) is 3. The summed E-state index contributed by atoms with van der Waals surface area (Å²) in [7, 11) is -5.33. The minimum atomic E-state index is -5.33. The number of carboxylic acids is 3. The number of aromatic nitrogens is 2. The second kappa shape index (κ2) is 21.9. The topological polar surface area (TPSA) is 424 Å². The number of aromatic amines is 1. The molecule has 13 atom stereocenters. The van der Waals surface area contributed by atoms with Gasteiger partial charge < -0.3 is 82.2 Å². The summed E-state index contributed by atoms with van der Waals surface area (Å²) in [6.45, 7) is 2.09. The third-order valence-electron chi connectivity index (χ3n) is 9.86. The van der Waals surface area contributed by atoms with E-state index in [9.17, 15) is 64.1 Å². The summed E-state index contributed by atoms with van der Waals surface area (Å²) in [5, 5.41) is 91.6. The number of amides is 1. The van der Waals surface area contributed by atoms with Gasteiger partial charge in [-0.15, -0.1) is 0 Å². The molecule has 16 N–H and O–H groups in total. The number of H-pyrrole nitrogens is 1. The molecular weight excluding hydrogens is 853 g/mol. The lowest BCUT2D eigenvalue weighted by atomic mass is 9.98. The van der Waals surface area contributed by atoms with E-state index >= 15 is 0 Å². The molecule has 0 saturated carbocycles. The van der Waals surface area contributed by atoms with Crippen LogP contribution in [0.5, 0.6) is 0 Å². The average Bonchev–Trinajstić information content (AvgIpc) is 3.46. The molecule has 0 spiro atoms. The Bertz CT molecular complexity index is 1980. The molecule has 62 heavy (non-hydrogen) atoms. The van der Waals surface area contributed by atoms with Gasteiger partial charge in [-0.2, -0.15) is 4.98 Å². The molecule has 346 valence electrons. The summed E-state index contributed by atoms with van der Waals surface area (Å²) in [6.07, 6.45) is -17.0. The molecule has 1 aromatic carbocycles. The number of aliphatic hydroxyl groups excluding tert-OH is 5. The van der Waals surface area contributed by atoms with Gasteiger partial charge >= 0.3 is 25.7 Å². The summed E-state index contributed by atoms with van der Waals surface area (Å²) < 4.78 is 33.0. The molecule has 0 bridgehead atoms. The number of rotatable bonds is 24. The normalized spacial score (nSPS) is 24.7. The van der Waals surface area contributed by atoms with E-state index in [0.29, 0.717) is 17.1 Å². The first-order valence-corrected chi connectivity index (χ1v) is 20.6. The third kappa shape index (κ3) is 14.0. The van der Waals surface area contributed by atoms with Gasteiger partial charge in [0.2, 0.25) is 5.95 Å². The van der Waals surface area contributed by atoms with E-state index in [4.69, 9.17) is 34.5 Å². The van der Waals surface area contributed by atoms with Crippen LogP contribution in [0.2, 0.25) is 0 Å². The number of carbonyl (C=O) groups is 4. The van der Waals surface area contributed by atoms with Gasteiger partial charge in [0.05, 0.1) is 25.4 Å². The first kappa shape index (κ1) is 49.7. The van der Waals surface area contributed by atoms with Crippen LogP contribution in [-0.2, 0) is 48.7 Å². The standard InChI is InChI=1S/C35H52N7O19P/c1-14(25-15(2)38-30-26(40-25)32(53)42-35(36)41-30)37-17-5-3-16(4-6-17)11-19(43)27(49)20(44)12-58-34-29(51)28(50)22(60-34)13-59-62(56,57)61-21(8-10-24(47)48)31(52)39-18(33(54)55)7-9-23(45)46/h3-6,14-15,18-22,25,27-29,34,37,40,43-44,49-51H,7-13H2,1-2H3,(H,39,52)(H,45,46)(H,47,48)(H,54,55)(H,56,57)(H4,36,38,41,42,53)/t14-,15+,18-,19+,20-,21-,22+,25-,27+,28+,29+,34-/m0/s1. The number of anilines is 4. The van der Waals surface area contributed by atoms with Crippen LogP contribution in [0.25, 0.3) is 0 Å². The van der Waals surface area contributed by atoms with E-state index in [2.05, 4.69) is 25.9 Å². The average molecular weight is 906 g/mol. The van der Waals surface area contributed by atoms with Crippen LogP contribution in [-0.4, -0.2) is 166 Å². The van der Waals surface area contributed by atoms with Gasteiger partial charge in [-0.3, -0.25) is 33.2 Å². The maximum absolute atomic E-state index is 12.8. The van der Waals surface area contributed by atoms with E-state index in [1.807, 2.05) is 19.2 Å². The monoisotopic (exact) mass is 905 g/mol. The van der Waals surface area contributed by atoms with Gasteiger partial charge in [-0.25, -0.2) is 9.36 Å². The summed E-state index contributed by atoms with van der Waals surface area (Å²) in [5.74, 6) is -5.53. The zero-order valence-corrected chi connectivity index (χ0v) is 34.2. The fourth-order valence-corrected chi connectivity index (χ4v) is 7.43. The second-order valence-electron chi connectivity index (χ2n) is 14.7. The number of hydrogen-bond acceptors (Lipinski definition) is 20. The highest BCUT2D eigenvalue weighted by Crippen LogP contribution is 2.46. The molecule has 3 heterocycles. The maximum atomic E-state index is 12.8. The number of nitrogens with zero attached hydrogens (tertiary/aromatic N) is 1. The Morgan fingerprint density at radius 2 is 1.63 bits per heavy atom. The smallest absolute Gasteiger partial charge is 0.473 e. The van der Waals surface area contributed by atoms with Crippen LogP contribution in [0.4, 0.5) is 23.1 Å². The van der Waals surface area contributed by atoms with Crippen molar-refractivity contribution in [3.05, 3.63) is 40.2 Å². The Morgan fingerprint density at radius 1 is 0.984 bits per heavy atom. The highest BCUT2D eigenvalue weighted by Gasteiger charge is 2.45. The molecule has 4 rings (SSSR count). The number of phosphoric ester groups is 1. The van der Waals surface area contributed by atoms with Gasteiger partial charge in [0.15, 0.2) is 12.1 Å². The fraction of sp³-hybridized carbons (Fsp3) is 0.600. The molecule has 1 fully saturated rings. The minimum absolute atomic E-state index is 0.0141. The number of phosphoric acid groups is 1. The lowest BCUT2D eigenvalue weighted by Crippen LogP contribution is -2.51. The number of fused-ring (bicyclic) bond motifs is 1. The number of nitrogens with one attached hydrogen (secondary N) is 5. The number of aliphatic hydroxyl groups is 5. The lowest BCUT2D eigenvalue weighted by molar-refractivity contribution is -0.192. The van der Waals surface area contributed by atoms with Crippen LogP contribution in [0.15, 0.2) is 29.1 Å². The van der Waals surface area contributed by atoms with E-state index in [0.717, 1.165) is 0 Å². The zero-order chi connectivity index (χ0) is 46.1. The van der Waals surface area contributed by atoms with Crippen molar-refractivity contribution in [2.45, 2.75) is 119 Å². The van der Waals surface area contributed by atoms with Crippen LogP contribution in [0.3, 0.4) is 0 Å². The van der Waals surface area contributed by atoms with Crippen LogP contribution in [0, 0.1) is 0 Å². The first-order chi connectivity index (χ1) is 29.0. The highest BCUT2D eigenvalue weighted by atomic mass is 31.2. The molecular formula is C35H52N7O19P.